The van der Waals surface area contributed by atoms with Crippen LogP contribution in [-0.4, -0.2) is 64.3 Å². The van der Waals surface area contributed by atoms with Gasteiger partial charge in [0.25, 0.3) is 5.91 Å². The molecule has 1 aromatic rings. The molecule has 2 atom stereocenters. The SMILES string of the molecule is N=C(NC(=O)c1ccc(C(F)(F)F)nc1)C1CCC2CN1C(=O)N2OS(=O)(=O)O. The van der Waals surface area contributed by atoms with Crippen molar-refractivity contribution in [1.29, 1.82) is 5.41 Å². The summed E-state index contributed by atoms with van der Waals surface area (Å²) in [5.41, 5.74) is -1.40. The molecule has 3 amide bonds. The first-order valence-corrected chi connectivity index (χ1v) is 9.43. The summed E-state index contributed by atoms with van der Waals surface area (Å²) in [5.74, 6) is -1.30. The number of urea groups is 1. The normalized spacial score (nSPS) is 22.0. The van der Waals surface area contributed by atoms with Gasteiger partial charge in [-0.25, -0.2) is 4.79 Å². The first-order chi connectivity index (χ1) is 13.4. The van der Waals surface area contributed by atoms with Crippen molar-refractivity contribution in [1.82, 2.24) is 20.3 Å². The molecule has 2 aliphatic rings. The van der Waals surface area contributed by atoms with Crippen LogP contribution in [0.2, 0.25) is 0 Å². The molecule has 0 saturated carbocycles. The number of amidine groups is 1. The summed E-state index contributed by atoms with van der Waals surface area (Å²) >= 11 is 0. The van der Waals surface area contributed by atoms with Gasteiger partial charge in [0, 0.05) is 12.7 Å². The number of hydrogen-bond donors (Lipinski definition) is 3. The zero-order valence-electron chi connectivity index (χ0n) is 14.4. The quantitative estimate of drug-likeness (QED) is 0.358. The molecule has 2 bridgehead atoms. The number of nitrogens with zero attached hydrogens (tertiary/aromatic N) is 3. The Labute approximate surface area is 161 Å². The lowest BCUT2D eigenvalue weighted by molar-refractivity contribution is -0.141. The average Bonchev–Trinajstić information content (AvgIpc) is 2.84. The van der Waals surface area contributed by atoms with E-state index in [0.717, 1.165) is 11.0 Å². The van der Waals surface area contributed by atoms with E-state index in [1.165, 1.54) is 0 Å². The first kappa shape index (κ1) is 20.9. The van der Waals surface area contributed by atoms with E-state index in [9.17, 15) is 31.2 Å². The van der Waals surface area contributed by atoms with Crippen LogP contribution < -0.4 is 5.32 Å². The maximum absolute atomic E-state index is 12.5. The molecule has 2 fully saturated rings. The lowest BCUT2D eigenvalue weighted by atomic mass is 10.00. The number of alkyl halides is 3. The zero-order chi connectivity index (χ0) is 21.6. The summed E-state index contributed by atoms with van der Waals surface area (Å²) in [5, 5.41) is 10.7. The van der Waals surface area contributed by atoms with Crippen molar-refractivity contribution in [3.8, 4) is 0 Å². The van der Waals surface area contributed by atoms with E-state index in [1.807, 2.05) is 0 Å². The van der Waals surface area contributed by atoms with Gasteiger partial charge in [0.05, 0.1) is 17.6 Å². The molecule has 3 heterocycles. The molecule has 0 radical (unpaired) electrons. The Morgan fingerprint density at radius 3 is 2.59 bits per heavy atom. The topological polar surface area (TPSA) is 153 Å². The van der Waals surface area contributed by atoms with Crippen LogP contribution in [0.3, 0.4) is 0 Å². The van der Waals surface area contributed by atoms with Crippen LogP contribution >= 0.6 is 0 Å². The second kappa shape index (κ2) is 7.23. The summed E-state index contributed by atoms with van der Waals surface area (Å²) in [7, 11) is -4.92. The molecule has 15 heteroatoms. The van der Waals surface area contributed by atoms with Crippen molar-refractivity contribution < 1.29 is 40.0 Å². The van der Waals surface area contributed by atoms with E-state index in [4.69, 9.17) is 9.96 Å². The monoisotopic (exact) mass is 437 g/mol. The Balaban J connectivity index is 1.67. The molecule has 2 saturated heterocycles. The van der Waals surface area contributed by atoms with Crippen molar-refractivity contribution in [2.75, 3.05) is 6.54 Å². The van der Waals surface area contributed by atoms with Crippen molar-refractivity contribution in [3.05, 3.63) is 29.6 Å². The van der Waals surface area contributed by atoms with Crippen LogP contribution in [0.5, 0.6) is 0 Å². The standard InChI is InChI=1S/C14H14F3N5O6S/c15-14(16,17)10-4-1-7(5-19-10)12(23)20-11(18)9-3-2-8-6-21(9)13(24)22(8)28-29(25,26)27/h1,4-5,8-9H,2-3,6H2,(H2,18,20,23)(H,25,26,27). The number of hydrogen-bond acceptors (Lipinski definition) is 7. The summed E-state index contributed by atoms with van der Waals surface area (Å²) in [6, 6.07) is -0.968. The van der Waals surface area contributed by atoms with Crippen molar-refractivity contribution in [3.63, 3.8) is 0 Å². The number of pyridine rings is 1. The number of fused-ring (bicyclic) bond motifs is 2. The zero-order valence-corrected chi connectivity index (χ0v) is 15.2. The van der Waals surface area contributed by atoms with E-state index >= 15 is 0 Å². The number of rotatable bonds is 4. The number of hydroxylamine groups is 2. The number of amides is 3. The molecule has 3 N–H and O–H groups in total. The molecule has 0 aliphatic carbocycles. The van der Waals surface area contributed by atoms with Crippen LogP contribution in [0.15, 0.2) is 18.3 Å². The summed E-state index contributed by atoms with van der Waals surface area (Å²) < 4.78 is 72.3. The van der Waals surface area contributed by atoms with Crippen LogP contribution in [0.4, 0.5) is 18.0 Å². The number of halogens is 3. The fraction of sp³-hybridized carbons (Fsp3) is 0.429. The predicted octanol–water partition coefficient (Wildman–Crippen LogP) is 0.810. The number of piperidine rings is 1. The van der Waals surface area contributed by atoms with Gasteiger partial charge < -0.3 is 10.2 Å². The summed E-state index contributed by atoms with van der Waals surface area (Å²) in [4.78, 5) is 28.7. The van der Waals surface area contributed by atoms with Gasteiger partial charge in [-0.1, -0.05) is 0 Å². The van der Waals surface area contributed by atoms with Crippen molar-refractivity contribution >= 4 is 28.2 Å². The maximum atomic E-state index is 12.5. The smallest absolute Gasteiger partial charge is 0.310 e. The number of carbonyl (C=O) groups excluding carboxylic acids is 2. The highest BCUT2D eigenvalue weighted by atomic mass is 32.3. The van der Waals surface area contributed by atoms with Crippen LogP contribution in [0, 0.1) is 5.41 Å². The van der Waals surface area contributed by atoms with E-state index in [0.29, 0.717) is 17.3 Å². The highest BCUT2D eigenvalue weighted by Crippen LogP contribution is 2.31. The van der Waals surface area contributed by atoms with Gasteiger partial charge in [-0.05, 0) is 25.0 Å². The average molecular weight is 437 g/mol. The molecule has 158 valence electrons. The maximum Gasteiger partial charge on any atom is 0.433 e. The number of nitrogens with one attached hydrogen (secondary N) is 2. The van der Waals surface area contributed by atoms with Gasteiger partial charge in [0.1, 0.15) is 11.5 Å². The molecule has 2 unspecified atom stereocenters. The minimum atomic E-state index is -4.92. The Bertz CT molecular complexity index is 951. The summed E-state index contributed by atoms with van der Waals surface area (Å²) in [6.07, 6.45) is -3.54. The molecular weight excluding hydrogens is 423 g/mol. The molecule has 1 aromatic heterocycles. The largest absolute Gasteiger partial charge is 0.433 e. The Morgan fingerprint density at radius 1 is 1.34 bits per heavy atom. The predicted molar refractivity (Wildman–Crippen MR) is 87.8 cm³/mol. The number of carbonyl (C=O) groups is 2. The third-order valence-corrected chi connectivity index (χ3v) is 4.74. The van der Waals surface area contributed by atoms with E-state index in [2.05, 4.69) is 14.6 Å². The second-order valence-electron chi connectivity index (χ2n) is 6.31. The summed E-state index contributed by atoms with van der Waals surface area (Å²) in [6.45, 7) is -0.000887. The molecule has 11 nitrogen and oxygen atoms in total. The van der Waals surface area contributed by atoms with Gasteiger partial charge in [0.15, 0.2) is 0 Å². The van der Waals surface area contributed by atoms with Gasteiger partial charge in [-0.15, -0.1) is 4.28 Å². The molecule has 0 aromatic carbocycles. The fourth-order valence-corrected chi connectivity index (χ4v) is 3.49. The molecule has 29 heavy (non-hydrogen) atoms. The Kier molecular flexibility index (Phi) is 5.22. The number of aromatic nitrogens is 1. The van der Waals surface area contributed by atoms with Gasteiger partial charge >= 0.3 is 22.6 Å². The third kappa shape index (κ3) is 4.46. The highest BCUT2D eigenvalue weighted by molar-refractivity contribution is 7.80. The Hall–Kier alpha value is -2.78. The first-order valence-electron chi connectivity index (χ1n) is 8.06. The minimum Gasteiger partial charge on any atom is -0.310 e. The lowest BCUT2D eigenvalue weighted by Gasteiger charge is -2.30. The van der Waals surface area contributed by atoms with E-state index in [-0.39, 0.29) is 24.9 Å². The molecule has 2 aliphatic heterocycles. The van der Waals surface area contributed by atoms with Crippen molar-refractivity contribution in [2.24, 2.45) is 0 Å². The Morgan fingerprint density at radius 2 is 2.03 bits per heavy atom. The molecular formula is C14H14F3N5O6S. The lowest BCUT2D eigenvalue weighted by Crippen LogP contribution is -2.50. The van der Waals surface area contributed by atoms with Gasteiger partial charge in [-0.2, -0.15) is 26.7 Å². The minimum absolute atomic E-state index is 0.000887. The molecule has 3 rings (SSSR count). The van der Waals surface area contributed by atoms with E-state index in [1.54, 1.807) is 0 Å². The van der Waals surface area contributed by atoms with Crippen molar-refractivity contribution in [2.45, 2.75) is 31.1 Å². The van der Waals surface area contributed by atoms with Crippen LogP contribution in [0.25, 0.3) is 0 Å². The fourth-order valence-electron chi connectivity index (χ4n) is 3.11. The van der Waals surface area contributed by atoms with E-state index < -0.39 is 52.1 Å². The van der Waals surface area contributed by atoms with Gasteiger partial charge in [0.2, 0.25) is 0 Å². The highest BCUT2D eigenvalue weighted by Gasteiger charge is 2.48. The van der Waals surface area contributed by atoms with Crippen LogP contribution in [-0.2, 0) is 20.9 Å². The third-order valence-electron chi connectivity index (χ3n) is 4.39. The second-order valence-corrected chi connectivity index (χ2v) is 7.31. The van der Waals surface area contributed by atoms with Crippen LogP contribution in [0.1, 0.15) is 28.9 Å². The van der Waals surface area contributed by atoms with Gasteiger partial charge in [-0.3, -0.25) is 19.7 Å². The molecule has 0 spiro atoms.